The van der Waals surface area contributed by atoms with E-state index in [9.17, 15) is 22.7 Å². The van der Waals surface area contributed by atoms with E-state index in [-0.39, 0.29) is 29.7 Å². The monoisotopic (exact) mass is 464 g/mol. The minimum atomic E-state index is -3.90. The Kier molecular flexibility index (Phi) is 6.11. The van der Waals surface area contributed by atoms with Crippen LogP contribution in [0.5, 0.6) is 5.75 Å². The number of benzene rings is 2. The van der Waals surface area contributed by atoms with E-state index >= 15 is 0 Å². The van der Waals surface area contributed by atoms with E-state index in [1.807, 2.05) is 0 Å². The number of aliphatic hydroxyl groups excluding tert-OH is 1. The van der Waals surface area contributed by atoms with Gasteiger partial charge in [-0.05, 0) is 48.9 Å². The molecule has 2 aliphatic heterocycles. The molecule has 32 heavy (non-hydrogen) atoms. The van der Waals surface area contributed by atoms with Crippen LogP contribution in [-0.2, 0) is 19.6 Å². The standard InChI is InChI=1S/C22H25FN2O6S/c1-25(2)21(27)11-15-10-18-17-9-14(5-8-19(17)31-22(18)20(12-26)30-15)24-32(28,29)16-6-3-13(23)4-7-16/h3-9,15,18,20,22,24,26H,10-12H2,1-2H3/t15-,18+,20-,22-/m1/s1. The van der Waals surface area contributed by atoms with Crippen LogP contribution < -0.4 is 9.46 Å². The number of amides is 1. The van der Waals surface area contributed by atoms with Crippen molar-refractivity contribution in [3.05, 3.63) is 53.8 Å². The van der Waals surface area contributed by atoms with Gasteiger partial charge in [0.15, 0.2) is 0 Å². The number of hydrogen-bond acceptors (Lipinski definition) is 6. The predicted octanol–water partition coefficient (Wildman–Crippen LogP) is 2.10. The third-order valence-electron chi connectivity index (χ3n) is 5.78. The molecule has 2 aromatic rings. The molecule has 1 saturated heterocycles. The Hall–Kier alpha value is -2.69. The number of halogens is 1. The summed E-state index contributed by atoms with van der Waals surface area (Å²) in [7, 11) is -0.558. The van der Waals surface area contributed by atoms with Crippen molar-refractivity contribution in [2.24, 2.45) is 0 Å². The first-order chi connectivity index (χ1) is 15.2. The molecule has 0 radical (unpaired) electrons. The van der Waals surface area contributed by atoms with E-state index in [1.165, 1.54) is 17.0 Å². The Labute approximate surface area is 186 Å². The van der Waals surface area contributed by atoms with Gasteiger partial charge >= 0.3 is 0 Å². The summed E-state index contributed by atoms with van der Waals surface area (Å²) in [5, 5.41) is 9.81. The summed E-state index contributed by atoms with van der Waals surface area (Å²) in [6.07, 6.45) is -0.733. The molecule has 4 atom stereocenters. The van der Waals surface area contributed by atoms with Crippen LogP contribution in [0.3, 0.4) is 0 Å². The highest BCUT2D eigenvalue weighted by molar-refractivity contribution is 7.92. The fourth-order valence-electron chi connectivity index (χ4n) is 4.16. The fraction of sp³-hybridized carbons (Fsp3) is 0.409. The number of rotatable bonds is 6. The number of carbonyl (C=O) groups is 1. The Morgan fingerprint density at radius 1 is 1.22 bits per heavy atom. The summed E-state index contributed by atoms with van der Waals surface area (Å²) < 4.78 is 52.9. The molecule has 2 aromatic carbocycles. The number of nitrogens with zero attached hydrogens (tertiary/aromatic N) is 1. The molecule has 1 amide bonds. The highest BCUT2D eigenvalue weighted by Gasteiger charge is 2.46. The van der Waals surface area contributed by atoms with Gasteiger partial charge in [-0.2, -0.15) is 0 Å². The van der Waals surface area contributed by atoms with Gasteiger partial charge < -0.3 is 19.5 Å². The first-order valence-corrected chi connectivity index (χ1v) is 11.7. The van der Waals surface area contributed by atoms with Gasteiger partial charge in [0, 0.05) is 31.3 Å². The number of sulfonamides is 1. The maximum Gasteiger partial charge on any atom is 0.261 e. The van der Waals surface area contributed by atoms with Gasteiger partial charge in [-0.1, -0.05) is 0 Å². The second-order valence-electron chi connectivity index (χ2n) is 8.21. The van der Waals surface area contributed by atoms with Crippen LogP contribution in [0.1, 0.15) is 24.3 Å². The molecular formula is C22H25FN2O6S. The number of carbonyl (C=O) groups excluding carboxylic acids is 1. The molecule has 2 N–H and O–H groups in total. The first-order valence-electron chi connectivity index (χ1n) is 10.2. The Balaban J connectivity index is 1.57. The number of anilines is 1. The smallest absolute Gasteiger partial charge is 0.261 e. The minimum Gasteiger partial charge on any atom is -0.487 e. The van der Waals surface area contributed by atoms with Gasteiger partial charge in [-0.15, -0.1) is 0 Å². The van der Waals surface area contributed by atoms with Crippen LogP contribution in [0.2, 0.25) is 0 Å². The molecule has 8 nitrogen and oxygen atoms in total. The van der Waals surface area contributed by atoms with Crippen molar-refractivity contribution >= 4 is 21.6 Å². The van der Waals surface area contributed by atoms with E-state index in [0.717, 1.165) is 17.7 Å². The van der Waals surface area contributed by atoms with E-state index in [4.69, 9.17) is 9.47 Å². The van der Waals surface area contributed by atoms with Crippen molar-refractivity contribution in [2.75, 3.05) is 25.4 Å². The fourth-order valence-corrected chi connectivity index (χ4v) is 5.21. The number of hydrogen-bond donors (Lipinski definition) is 2. The van der Waals surface area contributed by atoms with Crippen LogP contribution >= 0.6 is 0 Å². The molecule has 0 saturated carbocycles. The molecule has 0 bridgehead atoms. The van der Waals surface area contributed by atoms with E-state index in [0.29, 0.717) is 17.9 Å². The van der Waals surface area contributed by atoms with Crippen LogP contribution in [0.25, 0.3) is 0 Å². The summed E-state index contributed by atoms with van der Waals surface area (Å²) >= 11 is 0. The summed E-state index contributed by atoms with van der Waals surface area (Å²) in [5.41, 5.74) is 1.13. The second kappa shape index (κ2) is 8.68. The first kappa shape index (κ1) is 22.5. The Morgan fingerprint density at radius 3 is 2.59 bits per heavy atom. The quantitative estimate of drug-likeness (QED) is 0.679. The summed E-state index contributed by atoms with van der Waals surface area (Å²) in [5.74, 6) is -0.174. The normalized spacial score (nSPS) is 24.2. The van der Waals surface area contributed by atoms with Crippen molar-refractivity contribution < 1.29 is 32.2 Å². The van der Waals surface area contributed by atoms with E-state index < -0.39 is 34.2 Å². The van der Waals surface area contributed by atoms with Crippen LogP contribution in [0.15, 0.2) is 47.4 Å². The molecule has 10 heteroatoms. The molecule has 0 spiro atoms. The van der Waals surface area contributed by atoms with Gasteiger partial charge in [-0.25, -0.2) is 12.8 Å². The molecule has 0 aromatic heterocycles. The van der Waals surface area contributed by atoms with Crippen molar-refractivity contribution in [1.82, 2.24) is 4.90 Å². The molecule has 4 rings (SSSR count). The molecule has 0 unspecified atom stereocenters. The maximum atomic E-state index is 13.1. The Morgan fingerprint density at radius 2 is 1.94 bits per heavy atom. The summed E-state index contributed by atoms with van der Waals surface area (Å²) in [6.45, 7) is -0.258. The maximum absolute atomic E-state index is 13.1. The van der Waals surface area contributed by atoms with Crippen LogP contribution in [-0.4, -0.2) is 63.3 Å². The van der Waals surface area contributed by atoms with Gasteiger partial charge in [0.05, 0.1) is 24.0 Å². The lowest BCUT2D eigenvalue weighted by molar-refractivity contribution is -0.147. The van der Waals surface area contributed by atoms with Crippen LogP contribution in [0, 0.1) is 5.82 Å². The summed E-state index contributed by atoms with van der Waals surface area (Å²) in [6, 6.07) is 9.51. The lowest BCUT2D eigenvalue weighted by Gasteiger charge is -2.37. The van der Waals surface area contributed by atoms with Gasteiger partial charge in [0.25, 0.3) is 10.0 Å². The highest BCUT2D eigenvalue weighted by Crippen LogP contribution is 2.47. The third-order valence-corrected chi connectivity index (χ3v) is 7.17. The highest BCUT2D eigenvalue weighted by atomic mass is 32.2. The van der Waals surface area contributed by atoms with Gasteiger partial charge in [0.1, 0.15) is 23.8 Å². The molecule has 0 aliphatic carbocycles. The van der Waals surface area contributed by atoms with Gasteiger partial charge in [-0.3, -0.25) is 9.52 Å². The number of ether oxygens (including phenoxy) is 2. The number of nitrogens with one attached hydrogen (secondary N) is 1. The SMILES string of the molecule is CN(C)C(=O)C[C@H]1C[C@H]2c3cc(NS(=O)(=O)c4ccc(F)cc4)ccc3O[C@H]2[C@@H](CO)O1. The zero-order valence-corrected chi connectivity index (χ0v) is 18.5. The average molecular weight is 465 g/mol. The van der Waals surface area contributed by atoms with Crippen LogP contribution in [0.4, 0.5) is 10.1 Å². The molecule has 172 valence electrons. The predicted molar refractivity (Wildman–Crippen MR) is 114 cm³/mol. The van der Waals surface area contributed by atoms with E-state index in [2.05, 4.69) is 4.72 Å². The summed E-state index contributed by atoms with van der Waals surface area (Å²) in [4.78, 5) is 13.6. The van der Waals surface area contributed by atoms with Gasteiger partial charge in [0.2, 0.25) is 5.91 Å². The number of fused-ring (bicyclic) bond motifs is 3. The van der Waals surface area contributed by atoms with Crippen molar-refractivity contribution in [2.45, 2.75) is 42.0 Å². The van der Waals surface area contributed by atoms with Crippen molar-refractivity contribution in [3.8, 4) is 5.75 Å². The minimum absolute atomic E-state index is 0.0535. The molecule has 2 aliphatic rings. The molecule has 2 heterocycles. The molecule has 1 fully saturated rings. The largest absolute Gasteiger partial charge is 0.487 e. The van der Waals surface area contributed by atoms with E-state index in [1.54, 1.807) is 32.3 Å². The topological polar surface area (TPSA) is 105 Å². The number of aliphatic hydroxyl groups is 1. The van der Waals surface area contributed by atoms with Crippen molar-refractivity contribution in [1.29, 1.82) is 0 Å². The lowest BCUT2D eigenvalue weighted by atomic mass is 9.84. The van der Waals surface area contributed by atoms with Crippen molar-refractivity contribution in [3.63, 3.8) is 0 Å². The zero-order valence-electron chi connectivity index (χ0n) is 17.7. The third kappa shape index (κ3) is 4.43. The Bertz CT molecular complexity index is 1110. The zero-order chi connectivity index (χ0) is 23.0. The average Bonchev–Trinajstić information content (AvgIpc) is 3.11. The lowest BCUT2D eigenvalue weighted by Crippen LogP contribution is -2.47. The molecular weight excluding hydrogens is 439 g/mol. The second-order valence-corrected chi connectivity index (χ2v) is 9.89.